The van der Waals surface area contributed by atoms with Gasteiger partial charge in [0.25, 0.3) is 5.56 Å². The van der Waals surface area contributed by atoms with Gasteiger partial charge < -0.3 is 4.74 Å². The van der Waals surface area contributed by atoms with Gasteiger partial charge in [0, 0.05) is 10.0 Å². The van der Waals surface area contributed by atoms with Gasteiger partial charge >= 0.3 is 5.97 Å². The summed E-state index contributed by atoms with van der Waals surface area (Å²) in [5.41, 5.74) is 2.54. The van der Waals surface area contributed by atoms with Crippen molar-refractivity contribution < 1.29 is 13.9 Å². The van der Waals surface area contributed by atoms with E-state index >= 15 is 0 Å². The van der Waals surface area contributed by atoms with Crippen LogP contribution >= 0.6 is 27.3 Å². The Labute approximate surface area is 218 Å². The van der Waals surface area contributed by atoms with Crippen molar-refractivity contribution in [2.45, 2.75) is 13.0 Å². The molecule has 5 nitrogen and oxygen atoms in total. The fourth-order valence-electron chi connectivity index (χ4n) is 4.11. The van der Waals surface area contributed by atoms with Crippen LogP contribution in [0.15, 0.2) is 98.7 Å². The molecular formula is C28H20BrFN2O3S. The lowest BCUT2D eigenvalue weighted by atomic mass is 9.93. The molecule has 0 radical (unpaired) electrons. The quantitative estimate of drug-likeness (QED) is 0.327. The molecule has 0 bridgehead atoms. The Bertz CT molecular complexity index is 1640. The van der Waals surface area contributed by atoms with Gasteiger partial charge in [0.1, 0.15) is 5.82 Å². The molecule has 5 rings (SSSR count). The molecule has 1 aliphatic rings. The van der Waals surface area contributed by atoms with Gasteiger partial charge in [0.05, 0.1) is 28.5 Å². The first-order valence-electron chi connectivity index (χ1n) is 11.3. The molecule has 0 N–H and O–H groups in total. The minimum Gasteiger partial charge on any atom is -0.463 e. The lowest BCUT2D eigenvalue weighted by Crippen LogP contribution is -2.40. The number of hydrogen-bond donors (Lipinski definition) is 0. The topological polar surface area (TPSA) is 60.7 Å². The highest BCUT2D eigenvalue weighted by Crippen LogP contribution is 2.35. The van der Waals surface area contributed by atoms with Crippen molar-refractivity contribution in [3.8, 4) is 0 Å². The SMILES string of the molecule is CCOC(=O)C1=C(c2ccccc2)N=c2s/c(=C/c3ccc(Br)cc3)c(=O)n2C1c1ccc(F)cc1. The minimum absolute atomic E-state index is 0.161. The maximum absolute atomic E-state index is 13.8. The van der Waals surface area contributed by atoms with E-state index in [0.717, 1.165) is 15.6 Å². The Kier molecular flexibility index (Phi) is 6.80. The van der Waals surface area contributed by atoms with Crippen molar-refractivity contribution in [3.63, 3.8) is 0 Å². The van der Waals surface area contributed by atoms with Crippen molar-refractivity contribution in [1.82, 2.24) is 4.57 Å². The number of rotatable bonds is 5. The van der Waals surface area contributed by atoms with Gasteiger partial charge in [-0.3, -0.25) is 9.36 Å². The average molecular weight is 563 g/mol. The van der Waals surface area contributed by atoms with Crippen LogP contribution in [0.5, 0.6) is 0 Å². The van der Waals surface area contributed by atoms with Crippen LogP contribution in [0, 0.1) is 5.82 Å². The van der Waals surface area contributed by atoms with Crippen molar-refractivity contribution >= 4 is 45.0 Å². The third-order valence-corrected chi connectivity index (χ3v) is 7.24. The van der Waals surface area contributed by atoms with Crippen LogP contribution < -0.4 is 14.9 Å². The maximum Gasteiger partial charge on any atom is 0.338 e. The molecular weight excluding hydrogens is 543 g/mol. The van der Waals surface area contributed by atoms with E-state index in [2.05, 4.69) is 15.9 Å². The van der Waals surface area contributed by atoms with Crippen molar-refractivity contribution in [1.29, 1.82) is 0 Å². The van der Waals surface area contributed by atoms with Gasteiger partial charge in [0.2, 0.25) is 0 Å². The standard InChI is InChI=1S/C28H20BrFN2O3S/c1-2-35-27(34)23-24(18-6-4-3-5-7-18)31-28-32(25(23)19-10-14-21(30)15-11-19)26(33)22(36-28)16-17-8-12-20(29)13-9-17/h3-16,25H,2H2,1H3/b22-16+. The molecule has 0 saturated carbocycles. The number of thiazole rings is 1. The van der Waals surface area contributed by atoms with E-state index in [4.69, 9.17) is 9.73 Å². The molecule has 36 heavy (non-hydrogen) atoms. The Morgan fingerprint density at radius 2 is 1.78 bits per heavy atom. The average Bonchev–Trinajstić information content (AvgIpc) is 3.20. The van der Waals surface area contributed by atoms with E-state index in [9.17, 15) is 14.0 Å². The van der Waals surface area contributed by atoms with Gasteiger partial charge in [-0.2, -0.15) is 0 Å². The number of benzene rings is 3. The molecule has 2 heterocycles. The summed E-state index contributed by atoms with van der Waals surface area (Å²) < 4.78 is 22.2. The first-order chi connectivity index (χ1) is 17.5. The predicted octanol–water partition coefficient (Wildman–Crippen LogP) is 4.84. The van der Waals surface area contributed by atoms with Gasteiger partial charge in [-0.1, -0.05) is 81.9 Å². The van der Waals surface area contributed by atoms with Crippen LogP contribution in [0.4, 0.5) is 4.39 Å². The molecule has 0 spiro atoms. The fourth-order valence-corrected chi connectivity index (χ4v) is 5.38. The summed E-state index contributed by atoms with van der Waals surface area (Å²) >= 11 is 4.67. The van der Waals surface area contributed by atoms with Crippen LogP contribution in [0.1, 0.15) is 29.7 Å². The van der Waals surface area contributed by atoms with Gasteiger partial charge in [-0.15, -0.1) is 0 Å². The number of aromatic nitrogens is 1. The van der Waals surface area contributed by atoms with Crippen LogP contribution in [-0.4, -0.2) is 17.1 Å². The van der Waals surface area contributed by atoms with Crippen LogP contribution in [0.25, 0.3) is 11.8 Å². The van der Waals surface area contributed by atoms with E-state index in [1.54, 1.807) is 25.1 Å². The first kappa shape index (κ1) is 24.1. The summed E-state index contributed by atoms with van der Waals surface area (Å²) in [6, 6.07) is 21.9. The molecule has 1 unspecified atom stereocenters. The number of halogens is 2. The predicted molar refractivity (Wildman–Crippen MR) is 142 cm³/mol. The number of carbonyl (C=O) groups is 1. The molecule has 180 valence electrons. The highest BCUT2D eigenvalue weighted by atomic mass is 79.9. The lowest BCUT2D eigenvalue weighted by Gasteiger charge is -2.25. The molecule has 1 atom stereocenters. The van der Waals surface area contributed by atoms with Crippen LogP contribution in [-0.2, 0) is 9.53 Å². The molecule has 4 aromatic rings. The Morgan fingerprint density at radius 3 is 2.44 bits per heavy atom. The summed E-state index contributed by atoms with van der Waals surface area (Å²) in [6.07, 6.45) is 1.80. The van der Waals surface area contributed by atoms with Crippen molar-refractivity contribution in [3.05, 3.63) is 131 Å². The van der Waals surface area contributed by atoms with Crippen molar-refractivity contribution in [2.75, 3.05) is 6.61 Å². The molecule has 0 fully saturated rings. The maximum atomic E-state index is 13.8. The molecule has 1 aliphatic heterocycles. The van der Waals surface area contributed by atoms with Gasteiger partial charge in [-0.25, -0.2) is 14.2 Å². The molecule has 0 aliphatic carbocycles. The van der Waals surface area contributed by atoms with Gasteiger partial charge in [0.15, 0.2) is 4.80 Å². The van der Waals surface area contributed by atoms with E-state index in [0.29, 0.717) is 20.6 Å². The highest BCUT2D eigenvalue weighted by molar-refractivity contribution is 9.10. The van der Waals surface area contributed by atoms with Crippen molar-refractivity contribution in [2.24, 2.45) is 4.99 Å². The normalized spacial score (nSPS) is 15.4. The fraction of sp³-hybridized carbons (Fsp3) is 0.107. The number of ether oxygens (including phenoxy) is 1. The lowest BCUT2D eigenvalue weighted by molar-refractivity contribution is -0.138. The Hall–Kier alpha value is -3.62. The summed E-state index contributed by atoms with van der Waals surface area (Å²) in [4.78, 5) is 32.3. The second-order valence-corrected chi connectivity index (χ2v) is 9.96. The largest absolute Gasteiger partial charge is 0.463 e. The molecule has 8 heteroatoms. The molecule has 0 saturated heterocycles. The highest BCUT2D eigenvalue weighted by Gasteiger charge is 2.35. The molecule has 3 aromatic carbocycles. The summed E-state index contributed by atoms with van der Waals surface area (Å²) in [7, 11) is 0. The van der Waals surface area contributed by atoms with E-state index in [-0.39, 0.29) is 17.7 Å². The van der Waals surface area contributed by atoms with E-state index in [1.165, 1.54) is 28.0 Å². The zero-order valence-electron chi connectivity index (χ0n) is 19.2. The van der Waals surface area contributed by atoms with Crippen LogP contribution in [0.3, 0.4) is 0 Å². The third kappa shape index (κ3) is 4.62. The van der Waals surface area contributed by atoms with Gasteiger partial charge in [-0.05, 0) is 48.4 Å². The monoisotopic (exact) mass is 562 g/mol. The third-order valence-electron chi connectivity index (χ3n) is 5.73. The number of nitrogens with zero attached hydrogens (tertiary/aromatic N) is 2. The smallest absolute Gasteiger partial charge is 0.338 e. The second-order valence-electron chi connectivity index (χ2n) is 8.03. The minimum atomic E-state index is -0.830. The number of esters is 1. The van der Waals surface area contributed by atoms with Crippen LogP contribution in [0.2, 0.25) is 0 Å². The summed E-state index contributed by atoms with van der Waals surface area (Å²) in [6.45, 7) is 1.88. The zero-order valence-corrected chi connectivity index (χ0v) is 21.6. The zero-order chi connectivity index (χ0) is 25.2. The summed E-state index contributed by atoms with van der Waals surface area (Å²) in [5, 5.41) is 0. The Balaban J connectivity index is 1.82. The number of hydrogen-bond acceptors (Lipinski definition) is 5. The first-order valence-corrected chi connectivity index (χ1v) is 12.9. The van der Waals surface area contributed by atoms with E-state index in [1.807, 2.05) is 54.6 Å². The molecule has 1 aromatic heterocycles. The Morgan fingerprint density at radius 1 is 1.08 bits per heavy atom. The molecule has 0 amide bonds. The second kappa shape index (κ2) is 10.2. The van der Waals surface area contributed by atoms with E-state index < -0.39 is 17.8 Å². The number of fused-ring (bicyclic) bond motifs is 1. The number of carbonyl (C=O) groups excluding carboxylic acids is 1. The summed E-state index contributed by atoms with van der Waals surface area (Å²) in [5.74, 6) is -0.983.